The lowest BCUT2D eigenvalue weighted by Gasteiger charge is -2.22. The molecule has 2 atom stereocenters. The molecule has 8 nitrogen and oxygen atoms in total. The molecule has 37 heavy (non-hydrogen) atoms. The van der Waals surface area contributed by atoms with Crippen molar-refractivity contribution in [2.24, 2.45) is 0 Å². The summed E-state index contributed by atoms with van der Waals surface area (Å²) in [6.45, 7) is 10.3. The zero-order chi connectivity index (χ0) is 26.8. The summed E-state index contributed by atoms with van der Waals surface area (Å²) in [5.41, 5.74) is 1.05. The van der Waals surface area contributed by atoms with Crippen LogP contribution in [0.25, 0.3) is 21.5 Å². The van der Waals surface area contributed by atoms with Crippen LogP contribution in [0.3, 0.4) is 0 Å². The molecule has 200 valence electrons. The average Bonchev–Trinajstić information content (AvgIpc) is 2.86. The second-order valence-corrected chi connectivity index (χ2v) is 8.66. The molecule has 0 aliphatic rings. The number of fused-ring (bicyclic) bond motifs is 2. The van der Waals surface area contributed by atoms with Gasteiger partial charge in [-0.05, 0) is 26.8 Å². The summed E-state index contributed by atoms with van der Waals surface area (Å²) in [5.74, 6) is 0.549. The van der Waals surface area contributed by atoms with E-state index >= 15 is 0 Å². The highest BCUT2D eigenvalue weighted by Crippen LogP contribution is 2.43. The van der Waals surface area contributed by atoms with Crippen LogP contribution in [0.5, 0.6) is 11.5 Å². The van der Waals surface area contributed by atoms with Gasteiger partial charge in [-0.2, -0.15) is 0 Å². The van der Waals surface area contributed by atoms with E-state index in [-0.39, 0.29) is 26.4 Å². The zero-order valence-corrected chi connectivity index (χ0v) is 22.2. The first-order valence-corrected chi connectivity index (χ1v) is 12.5. The van der Waals surface area contributed by atoms with Crippen molar-refractivity contribution in [2.75, 3.05) is 39.6 Å². The van der Waals surface area contributed by atoms with E-state index in [4.69, 9.17) is 28.4 Å². The van der Waals surface area contributed by atoms with Crippen molar-refractivity contribution in [3.05, 3.63) is 48.0 Å². The van der Waals surface area contributed by atoms with Crippen molar-refractivity contribution in [2.45, 2.75) is 46.8 Å². The van der Waals surface area contributed by atoms with Gasteiger partial charge in [0.15, 0.2) is 12.2 Å². The van der Waals surface area contributed by atoms with Crippen LogP contribution in [0.15, 0.2) is 42.5 Å². The highest BCUT2D eigenvalue weighted by Gasteiger charge is 2.21. The van der Waals surface area contributed by atoms with Crippen molar-refractivity contribution in [1.82, 2.24) is 0 Å². The van der Waals surface area contributed by atoms with Crippen molar-refractivity contribution >= 4 is 33.5 Å². The molecule has 0 saturated carbocycles. The number of aryl methyl sites for hydroxylation is 1. The minimum absolute atomic E-state index is 0.135. The largest absolute Gasteiger partial charge is 0.488 e. The normalized spacial score (nSPS) is 12.8. The van der Waals surface area contributed by atoms with E-state index in [9.17, 15) is 9.59 Å². The van der Waals surface area contributed by atoms with Crippen molar-refractivity contribution in [3.63, 3.8) is 0 Å². The number of rotatable bonds is 14. The third-order valence-corrected chi connectivity index (χ3v) is 5.59. The quantitative estimate of drug-likeness (QED) is 0.220. The second-order valence-electron chi connectivity index (χ2n) is 8.66. The average molecular weight is 513 g/mol. The summed E-state index contributed by atoms with van der Waals surface area (Å²) in [7, 11) is 0. The number of hydrogen-bond acceptors (Lipinski definition) is 8. The topological polar surface area (TPSA) is 89.5 Å². The van der Waals surface area contributed by atoms with Crippen LogP contribution in [-0.4, -0.2) is 63.8 Å². The minimum atomic E-state index is -0.546. The van der Waals surface area contributed by atoms with Gasteiger partial charge in [0.05, 0.1) is 13.2 Å². The molecule has 0 heterocycles. The van der Waals surface area contributed by atoms with Gasteiger partial charge in [0.1, 0.15) is 24.7 Å². The van der Waals surface area contributed by atoms with Crippen LogP contribution < -0.4 is 9.47 Å². The number of carbonyl (C=O) groups excluding carboxylic acids is 2. The smallest absolute Gasteiger partial charge is 0.303 e. The maximum Gasteiger partial charge on any atom is 0.303 e. The first kappa shape index (κ1) is 28.2. The lowest BCUT2D eigenvalue weighted by molar-refractivity contribution is -0.152. The number of hydrogen-bond donors (Lipinski definition) is 0. The third-order valence-electron chi connectivity index (χ3n) is 5.59. The van der Waals surface area contributed by atoms with E-state index in [1.807, 2.05) is 63.2 Å². The fraction of sp³-hybridized carbons (Fsp3) is 0.448. The van der Waals surface area contributed by atoms with Crippen LogP contribution in [-0.2, 0) is 28.5 Å². The molecule has 0 N–H and O–H groups in total. The lowest BCUT2D eigenvalue weighted by Crippen LogP contribution is -2.29. The Kier molecular flexibility index (Phi) is 10.5. The van der Waals surface area contributed by atoms with Gasteiger partial charge in [0, 0.05) is 48.6 Å². The molecule has 8 heteroatoms. The summed E-state index contributed by atoms with van der Waals surface area (Å²) in [4.78, 5) is 23.2. The molecule has 3 rings (SSSR count). The molecule has 0 radical (unpaired) electrons. The maximum atomic E-state index is 11.6. The van der Waals surface area contributed by atoms with Crippen LogP contribution in [0.4, 0.5) is 0 Å². The molecule has 0 aliphatic carbocycles. The molecule has 0 amide bonds. The first-order chi connectivity index (χ1) is 17.8. The van der Waals surface area contributed by atoms with Crippen molar-refractivity contribution < 1.29 is 38.0 Å². The van der Waals surface area contributed by atoms with Crippen LogP contribution in [0.1, 0.15) is 33.3 Å². The van der Waals surface area contributed by atoms with E-state index in [0.29, 0.717) is 24.7 Å². The molecule has 3 aromatic carbocycles. The molecule has 0 saturated heterocycles. The Labute approximate surface area is 217 Å². The number of carbonyl (C=O) groups is 2. The highest BCUT2D eigenvalue weighted by molar-refractivity contribution is 6.11. The Hall–Kier alpha value is -3.36. The van der Waals surface area contributed by atoms with E-state index in [1.165, 1.54) is 13.8 Å². The van der Waals surface area contributed by atoms with Gasteiger partial charge in [0.25, 0.3) is 0 Å². The summed E-state index contributed by atoms with van der Waals surface area (Å²) in [6, 6.07) is 13.8. The number of benzene rings is 3. The van der Waals surface area contributed by atoms with Crippen LogP contribution >= 0.6 is 0 Å². The van der Waals surface area contributed by atoms with Gasteiger partial charge in [0.2, 0.25) is 0 Å². The van der Waals surface area contributed by atoms with Crippen molar-refractivity contribution in [3.8, 4) is 11.5 Å². The molecule has 0 spiro atoms. The van der Waals surface area contributed by atoms with E-state index in [1.54, 1.807) is 0 Å². The first-order valence-electron chi connectivity index (χ1n) is 12.5. The molecule has 0 fully saturated rings. The highest BCUT2D eigenvalue weighted by atomic mass is 16.6. The fourth-order valence-electron chi connectivity index (χ4n) is 4.08. The van der Waals surface area contributed by atoms with E-state index < -0.39 is 24.1 Å². The Morgan fingerprint density at radius 3 is 1.59 bits per heavy atom. The van der Waals surface area contributed by atoms with Gasteiger partial charge >= 0.3 is 11.9 Å². The van der Waals surface area contributed by atoms with E-state index in [2.05, 4.69) is 0 Å². The molecular formula is C29H36O8. The summed E-state index contributed by atoms with van der Waals surface area (Å²) >= 11 is 0. The molecule has 3 aromatic rings. The Morgan fingerprint density at radius 2 is 1.14 bits per heavy atom. The predicted octanol–water partition coefficient (Wildman–Crippen LogP) is 5.00. The summed E-state index contributed by atoms with van der Waals surface area (Å²) in [6.07, 6.45) is -1.09. The van der Waals surface area contributed by atoms with Crippen LogP contribution in [0.2, 0.25) is 0 Å². The molecule has 0 aliphatic heterocycles. The minimum Gasteiger partial charge on any atom is -0.488 e. The maximum absolute atomic E-state index is 11.6. The molecule has 2 unspecified atom stereocenters. The fourth-order valence-corrected chi connectivity index (χ4v) is 4.08. The van der Waals surface area contributed by atoms with E-state index in [0.717, 1.165) is 27.1 Å². The van der Waals surface area contributed by atoms with Gasteiger partial charge < -0.3 is 28.4 Å². The Morgan fingerprint density at radius 1 is 0.676 bits per heavy atom. The van der Waals surface area contributed by atoms with Gasteiger partial charge in [-0.15, -0.1) is 0 Å². The lowest BCUT2D eigenvalue weighted by atomic mass is 9.99. The van der Waals surface area contributed by atoms with Gasteiger partial charge in [-0.3, -0.25) is 9.59 Å². The summed E-state index contributed by atoms with van der Waals surface area (Å²) < 4.78 is 34.4. The monoisotopic (exact) mass is 512 g/mol. The number of ether oxygens (including phenoxy) is 6. The van der Waals surface area contributed by atoms with Crippen molar-refractivity contribution in [1.29, 1.82) is 0 Å². The van der Waals surface area contributed by atoms with Gasteiger partial charge in [-0.1, -0.05) is 42.0 Å². The van der Waals surface area contributed by atoms with Crippen LogP contribution in [0, 0.1) is 6.92 Å². The third kappa shape index (κ3) is 7.81. The Balaban J connectivity index is 2.02. The second kappa shape index (κ2) is 13.8. The number of esters is 2. The molecular weight excluding hydrogens is 476 g/mol. The standard InChI is InChI=1S/C29H36O8/c1-6-32-15-22(36-20(4)30)17-34-28-24-10-8-9-11-25(24)29(27-14-19(3)12-13-26(27)28)35-18-23(16-33-7-2)37-21(5)31/h8-14,22-23H,6-7,15-18H2,1-5H3. The Bertz CT molecular complexity index is 1210. The van der Waals surface area contributed by atoms with Gasteiger partial charge in [-0.25, -0.2) is 0 Å². The molecule has 0 bridgehead atoms. The SMILES string of the molecule is CCOCC(COc1c2ccccc2c(OCC(COCC)OC(C)=O)c2cc(C)ccc12)OC(C)=O. The predicted molar refractivity (Wildman–Crippen MR) is 141 cm³/mol. The summed E-state index contributed by atoms with van der Waals surface area (Å²) in [5, 5.41) is 3.41. The molecule has 0 aromatic heterocycles. The zero-order valence-electron chi connectivity index (χ0n) is 22.2.